The number of aliphatic carboxylic acids is 1. The molecule has 2 rings (SSSR count). The second-order valence-corrected chi connectivity index (χ2v) is 4.80. The molecule has 0 bridgehead atoms. The summed E-state index contributed by atoms with van der Waals surface area (Å²) in [6.07, 6.45) is 1.97. The third-order valence-electron chi connectivity index (χ3n) is 3.56. The van der Waals surface area contributed by atoms with Gasteiger partial charge in [-0.2, -0.15) is 0 Å². The number of hydrogen-bond donors (Lipinski definition) is 2. The molecule has 1 aliphatic carbocycles. The van der Waals surface area contributed by atoms with Gasteiger partial charge < -0.3 is 15.2 Å². The van der Waals surface area contributed by atoms with E-state index >= 15 is 0 Å². The Bertz CT molecular complexity index is 532. The summed E-state index contributed by atoms with van der Waals surface area (Å²) >= 11 is 0. The Morgan fingerprint density at radius 3 is 2.80 bits per heavy atom. The lowest BCUT2D eigenvalue weighted by Gasteiger charge is -2.17. The van der Waals surface area contributed by atoms with Crippen LogP contribution in [-0.4, -0.2) is 30.1 Å². The minimum atomic E-state index is -0.899. The Balaban J connectivity index is 2.10. The molecule has 20 heavy (non-hydrogen) atoms. The topological polar surface area (TPSA) is 75.6 Å². The van der Waals surface area contributed by atoms with Crippen molar-refractivity contribution >= 4 is 11.9 Å². The predicted molar refractivity (Wildman–Crippen MR) is 69.2 cm³/mol. The monoisotopic (exact) mass is 281 g/mol. The van der Waals surface area contributed by atoms with E-state index in [-0.39, 0.29) is 17.4 Å². The Hall–Kier alpha value is -2.11. The lowest BCUT2D eigenvalue weighted by atomic mass is 10.0. The maximum absolute atomic E-state index is 13.3. The van der Waals surface area contributed by atoms with Crippen molar-refractivity contribution in [3.8, 4) is 5.75 Å². The van der Waals surface area contributed by atoms with Crippen LogP contribution < -0.4 is 10.1 Å². The van der Waals surface area contributed by atoms with Crippen LogP contribution in [0, 0.1) is 11.7 Å². The van der Waals surface area contributed by atoms with E-state index in [0.29, 0.717) is 12.8 Å². The highest BCUT2D eigenvalue weighted by Gasteiger charge is 2.34. The van der Waals surface area contributed by atoms with Gasteiger partial charge in [0, 0.05) is 11.6 Å². The van der Waals surface area contributed by atoms with Gasteiger partial charge in [-0.1, -0.05) is 6.42 Å². The van der Waals surface area contributed by atoms with E-state index in [1.54, 1.807) is 0 Å². The minimum absolute atomic E-state index is 0.0149. The second kappa shape index (κ2) is 5.90. The molecule has 1 fully saturated rings. The van der Waals surface area contributed by atoms with Crippen LogP contribution in [0.25, 0.3) is 0 Å². The fraction of sp³-hybridized carbons (Fsp3) is 0.429. The molecule has 0 aromatic heterocycles. The number of methoxy groups -OCH3 is 1. The van der Waals surface area contributed by atoms with E-state index in [1.165, 1.54) is 19.2 Å². The number of rotatable bonds is 4. The molecule has 2 N–H and O–H groups in total. The number of carboxylic acid groups (broad SMARTS) is 1. The lowest BCUT2D eigenvalue weighted by molar-refractivity contribution is -0.142. The van der Waals surface area contributed by atoms with Crippen molar-refractivity contribution in [1.82, 2.24) is 5.32 Å². The molecule has 1 saturated carbocycles. The molecule has 2 atom stereocenters. The van der Waals surface area contributed by atoms with Gasteiger partial charge in [-0.25, -0.2) is 4.39 Å². The predicted octanol–water partition coefficient (Wildman–Crippen LogP) is 1.82. The van der Waals surface area contributed by atoms with Gasteiger partial charge in [-0.3, -0.25) is 9.59 Å². The summed E-state index contributed by atoms with van der Waals surface area (Å²) < 4.78 is 18.1. The highest BCUT2D eigenvalue weighted by Crippen LogP contribution is 2.26. The van der Waals surface area contributed by atoms with Gasteiger partial charge in [0.1, 0.15) is 0 Å². The average Bonchev–Trinajstić information content (AvgIpc) is 2.87. The number of amides is 1. The molecule has 1 aliphatic rings. The van der Waals surface area contributed by atoms with Crippen LogP contribution in [0.15, 0.2) is 18.2 Å². The normalized spacial score (nSPS) is 21.5. The number of hydrogen-bond acceptors (Lipinski definition) is 3. The van der Waals surface area contributed by atoms with Crippen LogP contribution >= 0.6 is 0 Å². The number of nitrogens with one attached hydrogen (secondary N) is 1. The van der Waals surface area contributed by atoms with Gasteiger partial charge >= 0.3 is 5.97 Å². The highest BCUT2D eigenvalue weighted by atomic mass is 19.1. The summed E-state index contributed by atoms with van der Waals surface area (Å²) in [6, 6.07) is 3.42. The van der Waals surface area contributed by atoms with E-state index < -0.39 is 23.6 Å². The van der Waals surface area contributed by atoms with Crippen molar-refractivity contribution in [3.63, 3.8) is 0 Å². The van der Waals surface area contributed by atoms with E-state index in [1.807, 2.05) is 0 Å². The van der Waals surface area contributed by atoms with Gasteiger partial charge in [0.15, 0.2) is 11.6 Å². The first-order valence-corrected chi connectivity index (χ1v) is 6.40. The van der Waals surface area contributed by atoms with Gasteiger partial charge in [-0.05, 0) is 31.0 Å². The summed E-state index contributed by atoms with van der Waals surface area (Å²) in [5.74, 6) is -2.43. The van der Waals surface area contributed by atoms with Crippen molar-refractivity contribution in [3.05, 3.63) is 29.6 Å². The summed E-state index contributed by atoms with van der Waals surface area (Å²) in [6.45, 7) is 0. The van der Waals surface area contributed by atoms with Crippen molar-refractivity contribution in [2.24, 2.45) is 5.92 Å². The maximum Gasteiger partial charge on any atom is 0.308 e. The van der Waals surface area contributed by atoms with Gasteiger partial charge in [0.05, 0.1) is 13.0 Å². The molecular weight excluding hydrogens is 265 g/mol. The summed E-state index contributed by atoms with van der Waals surface area (Å²) in [4.78, 5) is 23.1. The van der Waals surface area contributed by atoms with Crippen molar-refractivity contribution in [2.75, 3.05) is 7.11 Å². The van der Waals surface area contributed by atoms with Crippen LogP contribution in [-0.2, 0) is 4.79 Å². The molecule has 0 aliphatic heterocycles. The fourth-order valence-electron chi connectivity index (χ4n) is 2.48. The van der Waals surface area contributed by atoms with Gasteiger partial charge in [0.2, 0.25) is 0 Å². The number of carbonyl (C=O) groups excluding carboxylic acids is 1. The van der Waals surface area contributed by atoms with Crippen molar-refractivity contribution in [1.29, 1.82) is 0 Å². The zero-order chi connectivity index (χ0) is 14.7. The van der Waals surface area contributed by atoms with Gasteiger partial charge in [0.25, 0.3) is 5.91 Å². The maximum atomic E-state index is 13.3. The first kappa shape index (κ1) is 14.3. The molecule has 0 spiro atoms. The lowest BCUT2D eigenvalue weighted by Crippen LogP contribution is -2.40. The SMILES string of the molecule is COc1cc(C(=O)NC2CCCC2C(=O)O)ccc1F. The number of carbonyl (C=O) groups is 2. The van der Waals surface area contributed by atoms with Crippen molar-refractivity contribution in [2.45, 2.75) is 25.3 Å². The van der Waals surface area contributed by atoms with Crippen LogP contribution in [0.1, 0.15) is 29.6 Å². The molecule has 0 radical (unpaired) electrons. The Morgan fingerprint density at radius 2 is 2.15 bits per heavy atom. The third-order valence-corrected chi connectivity index (χ3v) is 3.56. The zero-order valence-electron chi connectivity index (χ0n) is 11.1. The van der Waals surface area contributed by atoms with E-state index in [9.17, 15) is 14.0 Å². The van der Waals surface area contributed by atoms with E-state index in [0.717, 1.165) is 12.5 Å². The molecule has 2 unspecified atom stereocenters. The number of ether oxygens (including phenoxy) is 1. The highest BCUT2D eigenvalue weighted by molar-refractivity contribution is 5.95. The molecule has 1 amide bonds. The molecule has 1 aromatic carbocycles. The van der Waals surface area contributed by atoms with Crippen LogP contribution in [0.3, 0.4) is 0 Å². The van der Waals surface area contributed by atoms with Crippen LogP contribution in [0.2, 0.25) is 0 Å². The average molecular weight is 281 g/mol. The minimum Gasteiger partial charge on any atom is -0.494 e. The van der Waals surface area contributed by atoms with Crippen LogP contribution in [0.4, 0.5) is 4.39 Å². The molecular formula is C14H16FNO4. The first-order valence-electron chi connectivity index (χ1n) is 6.40. The molecule has 0 saturated heterocycles. The molecule has 1 aromatic rings. The summed E-state index contributed by atoms with van der Waals surface area (Å²) in [5, 5.41) is 11.8. The molecule has 6 heteroatoms. The summed E-state index contributed by atoms with van der Waals surface area (Å²) in [5.41, 5.74) is 0.249. The quantitative estimate of drug-likeness (QED) is 0.882. The molecule has 108 valence electrons. The van der Waals surface area contributed by atoms with E-state index in [2.05, 4.69) is 5.32 Å². The number of carboxylic acids is 1. The van der Waals surface area contributed by atoms with E-state index in [4.69, 9.17) is 9.84 Å². The molecule has 0 heterocycles. The number of halogens is 1. The van der Waals surface area contributed by atoms with Crippen LogP contribution in [0.5, 0.6) is 5.75 Å². The Morgan fingerprint density at radius 1 is 1.40 bits per heavy atom. The Kier molecular flexibility index (Phi) is 4.22. The Labute approximate surface area is 115 Å². The van der Waals surface area contributed by atoms with Gasteiger partial charge in [-0.15, -0.1) is 0 Å². The largest absolute Gasteiger partial charge is 0.494 e. The first-order chi connectivity index (χ1) is 9.52. The fourth-order valence-corrected chi connectivity index (χ4v) is 2.48. The standard InChI is InChI=1S/C14H16FNO4/c1-20-12-7-8(5-6-10(12)15)13(17)16-11-4-2-3-9(11)14(18)19/h5-7,9,11H,2-4H2,1H3,(H,16,17)(H,18,19). The molecule has 5 nitrogen and oxygen atoms in total. The zero-order valence-corrected chi connectivity index (χ0v) is 11.1. The second-order valence-electron chi connectivity index (χ2n) is 4.80. The van der Waals surface area contributed by atoms with Crippen molar-refractivity contribution < 1.29 is 23.8 Å². The third kappa shape index (κ3) is 2.89. The summed E-state index contributed by atoms with van der Waals surface area (Å²) in [7, 11) is 1.32. The number of benzene rings is 1. The smallest absolute Gasteiger partial charge is 0.308 e.